The summed E-state index contributed by atoms with van der Waals surface area (Å²) >= 11 is 1.03. The molecule has 9 heteroatoms. The van der Waals surface area contributed by atoms with Crippen LogP contribution in [0.15, 0.2) is 50.1 Å². The van der Waals surface area contributed by atoms with Crippen LogP contribution in [0.3, 0.4) is 0 Å². The topological polar surface area (TPSA) is 132 Å². The van der Waals surface area contributed by atoms with E-state index in [1.54, 1.807) is 12.1 Å². The fourth-order valence-electron chi connectivity index (χ4n) is 1.50. The zero-order chi connectivity index (χ0) is 15.2. The van der Waals surface area contributed by atoms with Crippen LogP contribution in [0.4, 0.5) is 5.69 Å². The molecule has 0 atom stereocenters. The van der Waals surface area contributed by atoms with Gasteiger partial charge in [-0.15, -0.1) is 11.8 Å². The molecule has 2 rings (SSSR count). The first-order valence-corrected chi connectivity index (χ1v) is 6.72. The molecule has 21 heavy (non-hydrogen) atoms. The van der Waals surface area contributed by atoms with Crippen molar-refractivity contribution in [3.63, 3.8) is 0 Å². The van der Waals surface area contributed by atoms with Crippen molar-refractivity contribution in [1.82, 2.24) is 9.97 Å². The van der Waals surface area contributed by atoms with Gasteiger partial charge in [-0.05, 0) is 5.53 Å². The first-order valence-electron chi connectivity index (χ1n) is 5.73. The van der Waals surface area contributed by atoms with Gasteiger partial charge in [0.05, 0.1) is 10.6 Å². The summed E-state index contributed by atoms with van der Waals surface area (Å²) < 4.78 is 0. The van der Waals surface area contributed by atoms with Crippen LogP contribution in [0.5, 0.6) is 0 Å². The zero-order valence-electron chi connectivity index (χ0n) is 10.6. The van der Waals surface area contributed by atoms with Crippen LogP contribution in [0.2, 0.25) is 0 Å². The third-order valence-electron chi connectivity index (χ3n) is 2.49. The van der Waals surface area contributed by atoms with Gasteiger partial charge in [-0.25, -0.2) is 4.79 Å². The van der Waals surface area contributed by atoms with E-state index < -0.39 is 11.2 Å². The maximum atomic E-state index is 12.0. The molecule has 0 radical (unpaired) electrons. The molecule has 8 nitrogen and oxygen atoms in total. The minimum atomic E-state index is -0.593. The summed E-state index contributed by atoms with van der Waals surface area (Å²) in [6.07, 6.45) is 1.27. The van der Waals surface area contributed by atoms with Gasteiger partial charge in [-0.2, -0.15) is 0 Å². The summed E-state index contributed by atoms with van der Waals surface area (Å²) in [6.45, 7) is 0. The molecule has 1 aromatic carbocycles. The van der Waals surface area contributed by atoms with Gasteiger partial charge in [-0.1, -0.05) is 29.4 Å². The van der Waals surface area contributed by atoms with Gasteiger partial charge < -0.3 is 4.98 Å². The number of Topliss-reactive ketones (excluding diaryl/α,β-unsaturated/α-hetero) is 1. The summed E-state index contributed by atoms with van der Waals surface area (Å²) in [5.74, 6) is -0.131. The Kier molecular flexibility index (Phi) is 4.60. The Hall–Kier alpha value is -2.77. The Labute approximate surface area is 121 Å². The van der Waals surface area contributed by atoms with Crippen molar-refractivity contribution >= 4 is 23.2 Å². The molecular formula is C12H9N5O3S. The molecule has 0 aliphatic rings. The highest BCUT2D eigenvalue weighted by molar-refractivity contribution is 8.00. The van der Waals surface area contributed by atoms with Crippen LogP contribution in [-0.2, 0) is 0 Å². The van der Waals surface area contributed by atoms with Gasteiger partial charge >= 0.3 is 5.69 Å². The molecule has 1 heterocycles. The Balaban J connectivity index is 2.06. The third-order valence-corrected chi connectivity index (χ3v) is 3.51. The Morgan fingerprint density at radius 3 is 2.62 bits per heavy atom. The highest BCUT2D eigenvalue weighted by Gasteiger charge is 2.08. The molecule has 0 aliphatic carbocycles. The molecule has 0 saturated heterocycles. The van der Waals surface area contributed by atoms with E-state index in [9.17, 15) is 14.4 Å². The molecule has 0 saturated carbocycles. The standard InChI is InChI=1S/C12H9N5O3S/c13-17-16-8-3-1-7(2-4-8)9(18)6-21-10-5-14-12(20)15-11(10)19/h1-5H,6H2,(H2,14,15,19,20). The van der Waals surface area contributed by atoms with Gasteiger partial charge in [-0.3, -0.25) is 14.6 Å². The minimum Gasteiger partial charge on any atom is -0.313 e. The lowest BCUT2D eigenvalue weighted by Gasteiger charge is -2.01. The Morgan fingerprint density at radius 1 is 1.29 bits per heavy atom. The molecular weight excluding hydrogens is 294 g/mol. The number of carbonyl (C=O) groups excluding carboxylic acids is 1. The van der Waals surface area contributed by atoms with Gasteiger partial charge in [0, 0.05) is 22.4 Å². The number of nitrogens with one attached hydrogen (secondary N) is 2. The van der Waals surface area contributed by atoms with E-state index in [2.05, 4.69) is 20.0 Å². The minimum absolute atomic E-state index is 0.0516. The number of H-pyrrole nitrogens is 2. The van der Waals surface area contributed by atoms with Crippen LogP contribution in [0.25, 0.3) is 10.4 Å². The van der Waals surface area contributed by atoms with Crippen molar-refractivity contribution in [3.05, 3.63) is 67.3 Å². The lowest BCUT2D eigenvalue weighted by atomic mass is 10.1. The van der Waals surface area contributed by atoms with Crippen molar-refractivity contribution in [3.8, 4) is 0 Å². The predicted octanol–water partition coefficient (Wildman–Crippen LogP) is 1.98. The predicted molar refractivity (Wildman–Crippen MR) is 78.0 cm³/mol. The Bertz CT molecular complexity index is 818. The van der Waals surface area contributed by atoms with Gasteiger partial charge in [0.2, 0.25) is 0 Å². The smallest absolute Gasteiger partial charge is 0.313 e. The number of rotatable bonds is 5. The van der Waals surface area contributed by atoms with Crippen molar-refractivity contribution in [2.45, 2.75) is 4.90 Å². The van der Waals surface area contributed by atoms with E-state index in [4.69, 9.17) is 5.53 Å². The SMILES string of the molecule is [N-]=[N+]=Nc1ccc(C(=O)CSc2c[nH]c(=O)[nH]c2=O)cc1. The van der Waals surface area contributed by atoms with Crippen LogP contribution in [-0.4, -0.2) is 21.5 Å². The van der Waals surface area contributed by atoms with Crippen molar-refractivity contribution < 1.29 is 4.79 Å². The van der Waals surface area contributed by atoms with E-state index in [0.29, 0.717) is 11.3 Å². The van der Waals surface area contributed by atoms with Crippen LogP contribution in [0, 0.1) is 0 Å². The number of carbonyl (C=O) groups is 1. The molecule has 0 amide bonds. The third kappa shape index (κ3) is 3.85. The molecule has 2 aromatic rings. The highest BCUT2D eigenvalue weighted by atomic mass is 32.2. The molecule has 0 spiro atoms. The molecule has 1 aromatic heterocycles. The van der Waals surface area contributed by atoms with Crippen molar-refractivity contribution in [1.29, 1.82) is 0 Å². The van der Waals surface area contributed by atoms with Crippen LogP contribution >= 0.6 is 11.8 Å². The average molecular weight is 303 g/mol. The van der Waals surface area contributed by atoms with Crippen LogP contribution < -0.4 is 11.2 Å². The summed E-state index contributed by atoms with van der Waals surface area (Å²) in [5.41, 5.74) is 8.02. The van der Waals surface area contributed by atoms with E-state index >= 15 is 0 Å². The summed E-state index contributed by atoms with van der Waals surface area (Å²) in [7, 11) is 0. The van der Waals surface area contributed by atoms with E-state index in [0.717, 1.165) is 11.8 Å². The monoisotopic (exact) mass is 303 g/mol. The number of ketones is 1. The number of azide groups is 1. The largest absolute Gasteiger partial charge is 0.325 e. The number of hydrogen-bond acceptors (Lipinski definition) is 5. The van der Waals surface area contributed by atoms with Crippen molar-refractivity contribution in [2.75, 3.05) is 5.75 Å². The molecule has 0 bridgehead atoms. The number of aromatic nitrogens is 2. The maximum absolute atomic E-state index is 12.0. The fourth-order valence-corrected chi connectivity index (χ4v) is 2.27. The zero-order valence-corrected chi connectivity index (χ0v) is 11.4. The van der Waals surface area contributed by atoms with Gasteiger partial charge in [0.15, 0.2) is 5.78 Å². The van der Waals surface area contributed by atoms with E-state index in [1.165, 1.54) is 18.3 Å². The normalized spacial score (nSPS) is 9.90. The number of benzene rings is 1. The molecule has 0 fully saturated rings. The van der Waals surface area contributed by atoms with E-state index in [-0.39, 0.29) is 16.4 Å². The number of nitrogens with zero attached hydrogens (tertiary/aromatic N) is 3. The quantitative estimate of drug-likeness (QED) is 0.287. The highest BCUT2D eigenvalue weighted by Crippen LogP contribution is 2.17. The average Bonchev–Trinajstić information content (AvgIpc) is 2.47. The molecule has 0 unspecified atom stereocenters. The molecule has 2 N–H and O–H groups in total. The van der Waals surface area contributed by atoms with Gasteiger partial charge in [0.1, 0.15) is 0 Å². The van der Waals surface area contributed by atoms with Crippen LogP contribution in [0.1, 0.15) is 10.4 Å². The molecule has 106 valence electrons. The second-order valence-electron chi connectivity index (χ2n) is 3.88. The number of hydrogen-bond donors (Lipinski definition) is 2. The Morgan fingerprint density at radius 2 is 2.00 bits per heavy atom. The number of thioether (sulfide) groups is 1. The second-order valence-corrected chi connectivity index (χ2v) is 4.90. The van der Waals surface area contributed by atoms with Crippen molar-refractivity contribution in [2.24, 2.45) is 5.11 Å². The molecule has 0 aliphatic heterocycles. The lowest BCUT2D eigenvalue weighted by molar-refractivity contribution is 0.102. The summed E-state index contributed by atoms with van der Waals surface area (Å²) in [6, 6.07) is 6.16. The first kappa shape index (κ1) is 14.6. The second kappa shape index (κ2) is 6.60. The number of aromatic amines is 2. The maximum Gasteiger partial charge on any atom is 0.325 e. The van der Waals surface area contributed by atoms with Gasteiger partial charge in [0.25, 0.3) is 5.56 Å². The fraction of sp³-hybridized carbons (Fsp3) is 0.0833. The lowest BCUT2D eigenvalue weighted by Crippen LogP contribution is -2.22. The first-order chi connectivity index (χ1) is 10.1. The summed E-state index contributed by atoms with van der Waals surface area (Å²) in [4.78, 5) is 41.6. The summed E-state index contributed by atoms with van der Waals surface area (Å²) in [5, 5.41) is 3.41. The van der Waals surface area contributed by atoms with E-state index in [1.807, 2.05) is 0 Å².